The number of nitrogens with two attached hydrogens (primary N) is 1. The average molecular weight is 386 g/mol. The lowest BCUT2D eigenvalue weighted by atomic mass is 9.66. The summed E-state index contributed by atoms with van der Waals surface area (Å²) in [5.41, 5.74) is 6.24. The summed E-state index contributed by atoms with van der Waals surface area (Å²) in [4.78, 5) is 36.9. The summed E-state index contributed by atoms with van der Waals surface area (Å²) < 4.78 is 5.05. The molecule has 150 valence electrons. The second-order valence-electron chi connectivity index (χ2n) is 8.40. The molecule has 0 bridgehead atoms. The smallest absolute Gasteiger partial charge is 0.374 e. The van der Waals surface area contributed by atoms with Crippen molar-refractivity contribution in [2.75, 3.05) is 11.9 Å². The number of Topliss-reactive ketones (excluding diaryl/α,β-unsaturated/α-hetero) is 1. The molecule has 0 spiro atoms. The Labute approximate surface area is 163 Å². The molecule has 0 radical (unpaired) electrons. The van der Waals surface area contributed by atoms with E-state index in [1.807, 2.05) is 24.3 Å². The molecule has 4 N–H and O–H groups in total. The molecule has 28 heavy (non-hydrogen) atoms. The van der Waals surface area contributed by atoms with Gasteiger partial charge in [-0.15, -0.1) is 0 Å². The Bertz CT molecular complexity index is 806. The fourth-order valence-electron chi connectivity index (χ4n) is 4.77. The highest BCUT2D eigenvalue weighted by molar-refractivity contribution is 6.34. The topological polar surface area (TPSA) is 119 Å². The highest BCUT2D eigenvalue weighted by Crippen LogP contribution is 2.50. The van der Waals surface area contributed by atoms with E-state index in [1.54, 1.807) is 0 Å². The predicted molar refractivity (Wildman–Crippen MR) is 102 cm³/mol. The highest BCUT2D eigenvalue weighted by Gasteiger charge is 2.54. The summed E-state index contributed by atoms with van der Waals surface area (Å²) in [7, 11) is 0. The number of aliphatic carboxylic acids is 1. The number of carboxylic acid groups (broad SMARTS) is 1. The molecule has 1 aromatic carbocycles. The number of hydrogen-bond acceptors (Lipinski definition) is 6. The van der Waals surface area contributed by atoms with E-state index in [4.69, 9.17) is 10.5 Å². The van der Waals surface area contributed by atoms with Crippen LogP contribution in [0.15, 0.2) is 24.3 Å². The van der Waals surface area contributed by atoms with Crippen LogP contribution in [0.4, 0.5) is 5.69 Å². The molecule has 1 heterocycles. The number of ether oxygens (including phenoxy) is 1. The Morgan fingerprint density at radius 1 is 1.18 bits per heavy atom. The van der Waals surface area contributed by atoms with E-state index < -0.39 is 35.6 Å². The highest BCUT2D eigenvalue weighted by atomic mass is 16.5. The number of ketones is 1. The van der Waals surface area contributed by atoms with E-state index in [1.165, 1.54) is 0 Å². The molecule has 1 aromatic rings. The zero-order valence-electron chi connectivity index (χ0n) is 15.7. The standard InChI is InChI=1S/C21H26N2O5/c22-21(20(26)27,10-17(24)19(25)28-11-12-8-9-12)18-13-4-1-2-6-15(13)23-16-7-3-5-14(16)18/h1-2,4,6,12,14,16,18,23H,3,5,7-11,22H2,(H,26,27). The van der Waals surface area contributed by atoms with Crippen molar-refractivity contribution in [3.8, 4) is 0 Å². The van der Waals surface area contributed by atoms with E-state index in [2.05, 4.69) is 5.32 Å². The van der Waals surface area contributed by atoms with Crippen molar-refractivity contribution in [3.05, 3.63) is 29.8 Å². The Morgan fingerprint density at radius 2 is 1.93 bits per heavy atom. The van der Waals surface area contributed by atoms with Gasteiger partial charge in [0.2, 0.25) is 5.78 Å². The number of esters is 1. The Balaban J connectivity index is 1.62. The minimum absolute atomic E-state index is 0.00582. The van der Waals surface area contributed by atoms with Crippen LogP contribution in [-0.2, 0) is 19.1 Å². The number of carbonyl (C=O) groups excluding carboxylic acids is 2. The third-order valence-electron chi connectivity index (χ3n) is 6.42. The molecule has 2 aliphatic carbocycles. The lowest BCUT2D eigenvalue weighted by Gasteiger charge is -2.44. The number of carbonyl (C=O) groups is 3. The zero-order valence-corrected chi connectivity index (χ0v) is 15.7. The van der Waals surface area contributed by atoms with Crippen LogP contribution >= 0.6 is 0 Å². The maximum atomic E-state index is 12.5. The number of rotatable bonds is 7. The van der Waals surface area contributed by atoms with Gasteiger partial charge in [0, 0.05) is 24.1 Å². The lowest BCUT2D eigenvalue weighted by molar-refractivity contribution is -0.157. The number of carboxylic acids is 1. The van der Waals surface area contributed by atoms with Gasteiger partial charge in [-0.1, -0.05) is 24.6 Å². The van der Waals surface area contributed by atoms with Gasteiger partial charge in [-0.2, -0.15) is 0 Å². The van der Waals surface area contributed by atoms with Crippen molar-refractivity contribution >= 4 is 23.4 Å². The number of fused-ring (bicyclic) bond motifs is 2. The first-order valence-corrected chi connectivity index (χ1v) is 9.98. The maximum Gasteiger partial charge on any atom is 0.374 e. The second-order valence-corrected chi connectivity index (χ2v) is 8.40. The summed E-state index contributed by atoms with van der Waals surface area (Å²) in [6.45, 7) is 0.218. The van der Waals surface area contributed by atoms with Crippen molar-refractivity contribution in [2.45, 2.75) is 56.0 Å². The van der Waals surface area contributed by atoms with Crippen LogP contribution in [0.1, 0.15) is 50.0 Å². The number of benzene rings is 1. The molecule has 4 unspecified atom stereocenters. The quantitative estimate of drug-likeness (QED) is 0.485. The van der Waals surface area contributed by atoms with Gasteiger partial charge in [-0.25, -0.2) is 4.79 Å². The Morgan fingerprint density at radius 3 is 2.64 bits per heavy atom. The Hall–Kier alpha value is -2.41. The predicted octanol–water partition coefficient (Wildman–Crippen LogP) is 2.06. The van der Waals surface area contributed by atoms with E-state index in [0.29, 0.717) is 5.92 Å². The molecule has 0 aromatic heterocycles. The van der Waals surface area contributed by atoms with Crippen molar-refractivity contribution in [3.63, 3.8) is 0 Å². The molecule has 2 fully saturated rings. The van der Waals surface area contributed by atoms with Crippen LogP contribution in [0.3, 0.4) is 0 Å². The van der Waals surface area contributed by atoms with Crippen molar-refractivity contribution in [2.24, 2.45) is 17.6 Å². The first-order valence-electron chi connectivity index (χ1n) is 9.98. The molecule has 7 nitrogen and oxygen atoms in total. The first-order chi connectivity index (χ1) is 13.4. The Kier molecular flexibility index (Phi) is 4.87. The third-order valence-corrected chi connectivity index (χ3v) is 6.42. The molecule has 2 saturated carbocycles. The normalized spacial score (nSPS) is 27.7. The number of nitrogens with one attached hydrogen (secondary N) is 1. The molecule has 4 atom stereocenters. The molecule has 7 heteroatoms. The summed E-state index contributed by atoms with van der Waals surface area (Å²) in [5, 5.41) is 13.5. The second kappa shape index (κ2) is 7.20. The lowest BCUT2D eigenvalue weighted by Crippen LogP contribution is -2.59. The number of hydrogen-bond donors (Lipinski definition) is 3. The van der Waals surface area contributed by atoms with E-state index in [9.17, 15) is 19.5 Å². The van der Waals surface area contributed by atoms with Crippen LogP contribution in [0.5, 0.6) is 0 Å². The molecule has 4 rings (SSSR count). The minimum Gasteiger partial charge on any atom is -0.480 e. The third kappa shape index (κ3) is 3.39. The molecule has 3 aliphatic rings. The van der Waals surface area contributed by atoms with Crippen LogP contribution in [-0.4, -0.2) is 41.0 Å². The van der Waals surface area contributed by atoms with Crippen molar-refractivity contribution < 1.29 is 24.2 Å². The summed E-state index contributed by atoms with van der Waals surface area (Å²) in [6, 6.07) is 7.63. The molecular weight excluding hydrogens is 360 g/mol. The van der Waals surface area contributed by atoms with Crippen LogP contribution in [0.2, 0.25) is 0 Å². The minimum atomic E-state index is -1.86. The SMILES string of the molecule is NC(CC(=O)C(=O)OCC1CC1)(C(=O)O)C1c2ccccc2NC2CCCC21. The fourth-order valence-corrected chi connectivity index (χ4v) is 4.77. The number of para-hydroxylation sites is 1. The maximum absolute atomic E-state index is 12.5. The monoisotopic (exact) mass is 386 g/mol. The fraction of sp³-hybridized carbons (Fsp3) is 0.571. The van der Waals surface area contributed by atoms with Gasteiger partial charge in [0.05, 0.1) is 6.61 Å². The van der Waals surface area contributed by atoms with Crippen molar-refractivity contribution in [1.29, 1.82) is 0 Å². The summed E-state index contributed by atoms with van der Waals surface area (Å²) in [6.07, 6.45) is 4.17. The van der Waals surface area contributed by atoms with Gasteiger partial charge in [0.25, 0.3) is 0 Å². The zero-order chi connectivity index (χ0) is 19.9. The van der Waals surface area contributed by atoms with Gasteiger partial charge in [-0.3, -0.25) is 9.59 Å². The molecule has 1 aliphatic heterocycles. The largest absolute Gasteiger partial charge is 0.480 e. The van der Waals surface area contributed by atoms with Gasteiger partial charge in [0.15, 0.2) is 0 Å². The summed E-state index contributed by atoms with van der Waals surface area (Å²) in [5.74, 6) is -3.32. The van der Waals surface area contributed by atoms with E-state index in [-0.39, 0.29) is 18.6 Å². The van der Waals surface area contributed by atoms with Gasteiger partial charge in [0.1, 0.15) is 5.54 Å². The van der Waals surface area contributed by atoms with Gasteiger partial charge in [-0.05, 0) is 49.1 Å². The van der Waals surface area contributed by atoms with Gasteiger partial charge < -0.3 is 20.9 Å². The summed E-state index contributed by atoms with van der Waals surface area (Å²) >= 11 is 0. The van der Waals surface area contributed by atoms with Crippen LogP contribution in [0.25, 0.3) is 0 Å². The average Bonchev–Trinajstić information content (AvgIpc) is 3.39. The van der Waals surface area contributed by atoms with Crippen LogP contribution in [0, 0.1) is 11.8 Å². The molecular formula is C21H26N2O5. The van der Waals surface area contributed by atoms with Gasteiger partial charge >= 0.3 is 11.9 Å². The molecule has 0 amide bonds. The van der Waals surface area contributed by atoms with E-state index in [0.717, 1.165) is 43.4 Å². The van der Waals surface area contributed by atoms with Crippen molar-refractivity contribution in [1.82, 2.24) is 0 Å². The van der Waals surface area contributed by atoms with E-state index >= 15 is 0 Å². The first kappa shape index (κ1) is 18.9. The molecule has 0 saturated heterocycles. The van der Waals surface area contributed by atoms with Crippen LogP contribution < -0.4 is 11.1 Å². The number of anilines is 1.